The second-order valence-corrected chi connectivity index (χ2v) is 10.6. The summed E-state index contributed by atoms with van der Waals surface area (Å²) in [5.41, 5.74) is 2.18. The van der Waals surface area contributed by atoms with E-state index < -0.39 is 16.1 Å². The number of fused-ring (bicyclic) bond motifs is 1. The van der Waals surface area contributed by atoms with Crippen LogP contribution < -0.4 is 19.3 Å². The van der Waals surface area contributed by atoms with Crippen LogP contribution in [0.1, 0.15) is 19.8 Å². The zero-order valence-electron chi connectivity index (χ0n) is 18.7. The molecule has 3 heterocycles. The fraction of sp³-hybridized carbons (Fsp3) is 0.217. The van der Waals surface area contributed by atoms with Crippen molar-refractivity contribution < 1.29 is 27.5 Å². The monoisotopic (exact) mass is 512 g/mol. The Balaban J connectivity index is 1.35. The van der Waals surface area contributed by atoms with Crippen molar-refractivity contribution in [1.29, 1.82) is 0 Å². The number of hydrogen-bond donors (Lipinski definition) is 1. The van der Waals surface area contributed by atoms with Crippen molar-refractivity contribution in [3.05, 3.63) is 47.8 Å². The molecule has 0 saturated carbocycles. The molecule has 1 unspecified atom stereocenters. The van der Waals surface area contributed by atoms with Gasteiger partial charge in [0.25, 0.3) is 15.9 Å². The van der Waals surface area contributed by atoms with Gasteiger partial charge in [0.2, 0.25) is 11.8 Å². The van der Waals surface area contributed by atoms with Crippen LogP contribution in [0.2, 0.25) is 0 Å². The first-order valence-corrected chi connectivity index (χ1v) is 13.0. The van der Waals surface area contributed by atoms with E-state index in [-0.39, 0.29) is 40.6 Å². The van der Waals surface area contributed by atoms with Crippen molar-refractivity contribution in [2.75, 3.05) is 21.6 Å². The first kappa shape index (κ1) is 23.0. The number of imide groups is 1. The van der Waals surface area contributed by atoms with E-state index in [2.05, 4.69) is 9.71 Å². The summed E-state index contributed by atoms with van der Waals surface area (Å²) in [4.78, 5) is 43.0. The molecule has 1 atom stereocenters. The van der Waals surface area contributed by atoms with E-state index in [0.29, 0.717) is 28.4 Å². The first-order chi connectivity index (χ1) is 16.6. The number of hydrogen-bond acceptors (Lipinski definition) is 8. The molecule has 0 bridgehead atoms. The zero-order valence-corrected chi connectivity index (χ0v) is 20.4. The molecule has 5 rings (SSSR count). The molecule has 1 fully saturated rings. The average Bonchev–Trinajstić information content (AvgIpc) is 3.43. The highest BCUT2D eigenvalue weighted by Crippen LogP contribution is 2.37. The predicted octanol–water partition coefficient (Wildman–Crippen LogP) is 3.01. The maximum Gasteiger partial charge on any atom is 0.267 e. The summed E-state index contributed by atoms with van der Waals surface area (Å²) in [6.07, 6.45) is -0.269. The number of nitrogens with one attached hydrogen (secondary N) is 1. The Labute approximate surface area is 205 Å². The molecule has 1 aromatic heterocycles. The van der Waals surface area contributed by atoms with Crippen LogP contribution in [0.5, 0.6) is 5.75 Å². The third-order valence-electron chi connectivity index (χ3n) is 5.78. The summed E-state index contributed by atoms with van der Waals surface area (Å²) in [5.74, 6) is -0.193. The van der Waals surface area contributed by atoms with Gasteiger partial charge in [-0.25, -0.2) is 13.4 Å². The van der Waals surface area contributed by atoms with Gasteiger partial charge in [0.05, 0.1) is 22.0 Å². The highest BCUT2D eigenvalue weighted by molar-refractivity contribution is 7.93. The Morgan fingerprint density at radius 2 is 1.74 bits per heavy atom. The van der Waals surface area contributed by atoms with Crippen molar-refractivity contribution in [1.82, 2.24) is 4.98 Å². The number of amides is 3. The van der Waals surface area contributed by atoms with Crippen LogP contribution in [-0.4, -0.2) is 44.3 Å². The summed E-state index contributed by atoms with van der Waals surface area (Å²) in [5, 5.41) is 1.88. The van der Waals surface area contributed by atoms with Gasteiger partial charge in [-0.15, -0.1) is 11.3 Å². The van der Waals surface area contributed by atoms with Crippen molar-refractivity contribution in [3.63, 3.8) is 0 Å². The smallest absolute Gasteiger partial charge is 0.267 e. The molecule has 3 aromatic rings. The van der Waals surface area contributed by atoms with Gasteiger partial charge in [0.15, 0.2) is 11.2 Å². The Bertz CT molecular complexity index is 1450. The maximum absolute atomic E-state index is 12.9. The van der Waals surface area contributed by atoms with Crippen LogP contribution in [0.25, 0.3) is 11.3 Å². The van der Waals surface area contributed by atoms with E-state index >= 15 is 0 Å². The normalized spacial score (nSPS) is 18.0. The molecule has 12 heteroatoms. The van der Waals surface area contributed by atoms with Gasteiger partial charge in [0.1, 0.15) is 5.75 Å². The largest absolute Gasteiger partial charge is 0.479 e. The molecule has 2 aliphatic heterocycles. The van der Waals surface area contributed by atoms with E-state index in [0.717, 1.165) is 16.2 Å². The quantitative estimate of drug-likeness (QED) is 0.521. The van der Waals surface area contributed by atoms with E-state index in [4.69, 9.17) is 4.74 Å². The number of carbonyl (C=O) groups is 3. The first-order valence-electron chi connectivity index (χ1n) is 10.7. The molecule has 0 spiro atoms. The lowest BCUT2D eigenvalue weighted by atomic mass is 10.1. The molecule has 10 nitrogen and oxygen atoms in total. The van der Waals surface area contributed by atoms with Gasteiger partial charge in [-0.2, -0.15) is 0 Å². The lowest BCUT2D eigenvalue weighted by molar-refractivity contribution is -0.125. The number of likely N-dealkylation sites (N-methyl/N-ethyl adjacent to an activating group) is 1. The number of sulfonamides is 1. The molecule has 180 valence electrons. The second-order valence-electron chi connectivity index (χ2n) is 8.10. The third-order valence-corrected chi connectivity index (χ3v) is 8.02. The Kier molecular flexibility index (Phi) is 5.56. The Morgan fingerprint density at radius 1 is 1.06 bits per heavy atom. The van der Waals surface area contributed by atoms with Gasteiger partial charge in [0, 0.05) is 30.8 Å². The van der Waals surface area contributed by atoms with Crippen molar-refractivity contribution in [2.45, 2.75) is 30.8 Å². The molecule has 0 aliphatic carbocycles. The standard InChI is InChI=1S/C23H20N4O6S2/c1-13-22(30)26(2)18-11-14(3-8-19(18)33-13)17-12-34-23(24-17)25-35(31,32)16-6-4-15(5-7-16)27-20(28)9-10-21(27)29/h3-8,11-13H,9-10H2,1-2H3,(H,24,25). The van der Waals surface area contributed by atoms with Gasteiger partial charge in [-0.3, -0.25) is 24.0 Å². The van der Waals surface area contributed by atoms with E-state index in [1.807, 2.05) is 0 Å². The van der Waals surface area contributed by atoms with Crippen LogP contribution in [0.15, 0.2) is 52.7 Å². The minimum Gasteiger partial charge on any atom is -0.479 e. The summed E-state index contributed by atoms with van der Waals surface area (Å²) in [7, 11) is -2.28. The van der Waals surface area contributed by atoms with Crippen LogP contribution in [-0.2, 0) is 24.4 Å². The van der Waals surface area contributed by atoms with E-state index in [1.54, 1.807) is 37.6 Å². The van der Waals surface area contributed by atoms with Crippen LogP contribution in [0.4, 0.5) is 16.5 Å². The van der Waals surface area contributed by atoms with Crippen molar-refractivity contribution in [2.24, 2.45) is 0 Å². The van der Waals surface area contributed by atoms with Gasteiger partial charge < -0.3 is 9.64 Å². The Hall–Kier alpha value is -3.77. The minimum atomic E-state index is -3.95. The summed E-state index contributed by atoms with van der Waals surface area (Å²) < 4.78 is 33.8. The SMILES string of the molecule is CC1Oc2ccc(-c3csc(NS(=O)(=O)c4ccc(N5C(=O)CCC5=O)cc4)n3)cc2N(C)C1=O. The minimum absolute atomic E-state index is 0.0303. The highest BCUT2D eigenvalue weighted by atomic mass is 32.2. The number of aromatic nitrogens is 1. The summed E-state index contributed by atoms with van der Waals surface area (Å²) in [6.45, 7) is 1.69. The summed E-state index contributed by atoms with van der Waals surface area (Å²) >= 11 is 1.12. The average molecular weight is 513 g/mol. The topological polar surface area (TPSA) is 126 Å². The number of thiazole rings is 1. The van der Waals surface area contributed by atoms with Crippen LogP contribution in [0, 0.1) is 0 Å². The van der Waals surface area contributed by atoms with Crippen LogP contribution in [0.3, 0.4) is 0 Å². The molecule has 1 N–H and O–H groups in total. The van der Waals surface area contributed by atoms with Gasteiger partial charge in [-0.05, 0) is 49.4 Å². The zero-order chi connectivity index (χ0) is 24.9. The number of carbonyl (C=O) groups excluding carboxylic acids is 3. The van der Waals surface area contributed by atoms with Crippen LogP contribution >= 0.6 is 11.3 Å². The molecule has 1 saturated heterocycles. The van der Waals surface area contributed by atoms with Crippen molar-refractivity contribution in [3.8, 4) is 17.0 Å². The number of nitrogens with zero attached hydrogens (tertiary/aromatic N) is 3. The van der Waals surface area contributed by atoms with Crippen molar-refractivity contribution >= 4 is 55.6 Å². The highest BCUT2D eigenvalue weighted by Gasteiger charge is 2.31. The molecule has 3 amide bonds. The van der Waals surface area contributed by atoms with E-state index in [9.17, 15) is 22.8 Å². The molecule has 2 aromatic carbocycles. The van der Waals surface area contributed by atoms with Gasteiger partial charge in [-0.1, -0.05) is 0 Å². The Morgan fingerprint density at radius 3 is 2.43 bits per heavy atom. The van der Waals surface area contributed by atoms with Gasteiger partial charge >= 0.3 is 0 Å². The number of ether oxygens (including phenoxy) is 1. The molecular formula is C23H20N4O6S2. The lowest BCUT2D eigenvalue weighted by Crippen LogP contribution is -2.41. The molecule has 0 radical (unpaired) electrons. The number of rotatable bonds is 5. The molecule has 2 aliphatic rings. The number of benzene rings is 2. The number of anilines is 3. The van der Waals surface area contributed by atoms with E-state index in [1.165, 1.54) is 29.2 Å². The molecule has 35 heavy (non-hydrogen) atoms. The maximum atomic E-state index is 12.9. The third kappa shape index (κ3) is 4.15. The molecular weight excluding hydrogens is 492 g/mol. The fourth-order valence-corrected chi connectivity index (χ4v) is 5.91. The second kappa shape index (κ2) is 8.47. The summed E-state index contributed by atoms with van der Waals surface area (Å²) in [6, 6.07) is 10.8. The lowest BCUT2D eigenvalue weighted by Gasteiger charge is -2.30. The predicted molar refractivity (Wildman–Crippen MR) is 130 cm³/mol. The fourth-order valence-electron chi connectivity index (χ4n) is 3.94.